The number of hydrogen-bond donors (Lipinski definition) is 1. The Balaban J connectivity index is 1.72. The van der Waals surface area contributed by atoms with Crippen molar-refractivity contribution in [2.45, 2.75) is 32.6 Å². The fourth-order valence-corrected chi connectivity index (χ4v) is 4.27. The Bertz CT molecular complexity index is 1010. The minimum Gasteiger partial charge on any atom is -0.477 e. The molecule has 0 bridgehead atoms. The monoisotopic (exact) mass is 413 g/mol. The van der Waals surface area contributed by atoms with Crippen LogP contribution in [-0.4, -0.2) is 35.1 Å². The van der Waals surface area contributed by atoms with Gasteiger partial charge in [-0.15, -0.1) is 0 Å². The summed E-state index contributed by atoms with van der Waals surface area (Å²) in [6.45, 7) is 3.98. The van der Waals surface area contributed by atoms with Crippen molar-refractivity contribution < 1.29 is 19.4 Å². The van der Waals surface area contributed by atoms with E-state index in [0.29, 0.717) is 35.9 Å². The predicted octanol–water partition coefficient (Wildman–Crippen LogP) is 5.45. The highest BCUT2D eigenvalue weighted by Gasteiger charge is 2.25. The summed E-state index contributed by atoms with van der Waals surface area (Å²) in [6.07, 6.45) is 1.54. The van der Waals surface area contributed by atoms with Crippen LogP contribution in [0.15, 0.2) is 48.5 Å². The molecular formula is C23H24ClNO4. The molecule has 1 fully saturated rings. The van der Waals surface area contributed by atoms with E-state index in [1.54, 1.807) is 12.1 Å². The highest BCUT2D eigenvalue weighted by atomic mass is 35.5. The summed E-state index contributed by atoms with van der Waals surface area (Å²) in [5.74, 6) is -0.680. The third kappa shape index (κ3) is 4.04. The van der Waals surface area contributed by atoms with Crippen LogP contribution >= 0.6 is 11.6 Å². The van der Waals surface area contributed by atoms with Crippen LogP contribution in [-0.2, 0) is 16.0 Å². The van der Waals surface area contributed by atoms with Crippen LogP contribution in [0.3, 0.4) is 0 Å². The van der Waals surface area contributed by atoms with E-state index in [-0.39, 0.29) is 12.2 Å². The van der Waals surface area contributed by atoms with Gasteiger partial charge in [0.15, 0.2) is 6.29 Å². The molecule has 1 atom stereocenters. The lowest BCUT2D eigenvalue weighted by Crippen LogP contribution is -2.19. The van der Waals surface area contributed by atoms with E-state index in [4.69, 9.17) is 21.1 Å². The lowest BCUT2D eigenvalue weighted by molar-refractivity contribution is -0.0807. The van der Waals surface area contributed by atoms with Crippen molar-refractivity contribution in [1.29, 1.82) is 0 Å². The molecule has 6 heteroatoms. The first-order valence-electron chi connectivity index (χ1n) is 9.90. The minimum absolute atomic E-state index is 0.162. The highest BCUT2D eigenvalue weighted by Crippen LogP contribution is 2.36. The summed E-state index contributed by atoms with van der Waals surface area (Å²) in [5.41, 5.74) is 2.17. The number of benzene rings is 2. The van der Waals surface area contributed by atoms with Crippen molar-refractivity contribution in [2.24, 2.45) is 5.92 Å². The Morgan fingerprint density at radius 2 is 1.90 bits per heavy atom. The fourth-order valence-electron chi connectivity index (χ4n) is 4.10. The maximum atomic E-state index is 12.2. The van der Waals surface area contributed by atoms with Gasteiger partial charge in [0.05, 0.1) is 18.9 Å². The van der Waals surface area contributed by atoms with E-state index >= 15 is 0 Å². The first-order valence-corrected chi connectivity index (χ1v) is 10.3. The van der Waals surface area contributed by atoms with Crippen LogP contribution in [0.1, 0.15) is 30.3 Å². The zero-order valence-electron chi connectivity index (χ0n) is 16.3. The smallest absolute Gasteiger partial charge is 0.353 e. The van der Waals surface area contributed by atoms with E-state index in [1.165, 1.54) is 0 Å². The van der Waals surface area contributed by atoms with Crippen molar-refractivity contribution in [3.05, 3.63) is 59.2 Å². The number of hydrogen-bond acceptors (Lipinski definition) is 3. The Morgan fingerprint density at radius 1 is 1.17 bits per heavy atom. The molecule has 0 saturated carbocycles. The zero-order valence-corrected chi connectivity index (χ0v) is 17.1. The molecule has 1 unspecified atom stereocenters. The van der Waals surface area contributed by atoms with Crippen LogP contribution < -0.4 is 0 Å². The second-order valence-corrected chi connectivity index (χ2v) is 7.88. The molecule has 3 aromatic rings. The Labute approximate surface area is 174 Å². The van der Waals surface area contributed by atoms with Crippen LogP contribution in [0.4, 0.5) is 0 Å². The van der Waals surface area contributed by atoms with Gasteiger partial charge in [0.1, 0.15) is 5.69 Å². The molecule has 1 aliphatic rings. The van der Waals surface area contributed by atoms with Crippen molar-refractivity contribution in [1.82, 2.24) is 4.57 Å². The van der Waals surface area contributed by atoms with Crippen molar-refractivity contribution >= 4 is 28.3 Å². The van der Waals surface area contributed by atoms with E-state index in [0.717, 1.165) is 29.5 Å². The molecule has 2 aromatic carbocycles. The number of rotatable bonds is 7. The van der Waals surface area contributed by atoms with E-state index in [1.807, 2.05) is 41.0 Å². The van der Waals surface area contributed by atoms with Crippen LogP contribution in [0.5, 0.6) is 0 Å². The number of fused-ring (bicyclic) bond motifs is 1. The van der Waals surface area contributed by atoms with Gasteiger partial charge in [-0.1, -0.05) is 54.9 Å². The predicted molar refractivity (Wildman–Crippen MR) is 113 cm³/mol. The molecule has 1 N–H and O–H groups in total. The normalized spacial score (nSPS) is 15.8. The maximum Gasteiger partial charge on any atom is 0.353 e. The van der Waals surface area contributed by atoms with Gasteiger partial charge in [-0.3, -0.25) is 0 Å². The first-order chi connectivity index (χ1) is 14.1. The molecule has 5 nitrogen and oxygen atoms in total. The van der Waals surface area contributed by atoms with Gasteiger partial charge < -0.3 is 19.1 Å². The molecular weight excluding hydrogens is 390 g/mol. The molecule has 0 amide bonds. The highest BCUT2D eigenvalue weighted by molar-refractivity contribution is 6.31. The summed E-state index contributed by atoms with van der Waals surface area (Å²) in [5, 5.41) is 12.1. The SMILES string of the molecule is CC(CCCn1c(C(=O)O)c2ccc(Cl)cc2c1-c1ccccc1)C1OCCO1. The number of nitrogens with zero attached hydrogens (tertiary/aromatic N) is 1. The lowest BCUT2D eigenvalue weighted by Gasteiger charge is -2.18. The maximum absolute atomic E-state index is 12.2. The van der Waals surface area contributed by atoms with E-state index in [2.05, 4.69) is 6.92 Å². The first kappa shape index (κ1) is 20.0. The summed E-state index contributed by atoms with van der Waals surface area (Å²) in [4.78, 5) is 12.2. The topological polar surface area (TPSA) is 60.7 Å². The molecule has 1 aromatic heterocycles. The molecule has 0 spiro atoms. The number of aromatic carboxylic acids is 1. The van der Waals surface area contributed by atoms with Gasteiger partial charge in [0.2, 0.25) is 0 Å². The minimum atomic E-state index is -0.935. The third-order valence-corrected chi connectivity index (χ3v) is 5.67. The molecule has 1 saturated heterocycles. The molecule has 2 heterocycles. The van der Waals surface area contributed by atoms with Crippen molar-refractivity contribution in [3.63, 3.8) is 0 Å². The van der Waals surface area contributed by atoms with Gasteiger partial charge >= 0.3 is 5.97 Å². The molecule has 29 heavy (non-hydrogen) atoms. The largest absolute Gasteiger partial charge is 0.477 e. The zero-order chi connectivity index (χ0) is 20.4. The number of carboxylic acids is 1. The Kier molecular flexibility index (Phi) is 5.90. The van der Waals surface area contributed by atoms with Gasteiger partial charge in [-0.2, -0.15) is 0 Å². The Morgan fingerprint density at radius 3 is 2.59 bits per heavy atom. The summed E-state index contributed by atoms with van der Waals surface area (Å²) < 4.78 is 13.1. The van der Waals surface area contributed by atoms with Gasteiger partial charge in [0.25, 0.3) is 0 Å². The van der Waals surface area contributed by atoms with Gasteiger partial charge in [-0.25, -0.2) is 4.79 Å². The second-order valence-electron chi connectivity index (χ2n) is 7.44. The molecule has 0 aliphatic carbocycles. The van der Waals surface area contributed by atoms with Crippen molar-refractivity contribution in [2.75, 3.05) is 13.2 Å². The van der Waals surface area contributed by atoms with Crippen LogP contribution in [0.25, 0.3) is 22.0 Å². The van der Waals surface area contributed by atoms with Crippen LogP contribution in [0.2, 0.25) is 5.02 Å². The fraction of sp³-hybridized carbons (Fsp3) is 0.348. The molecule has 4 rings (SSSR count). The Hall–Kier alpha value is -2.34. The van der Waals surface area contributed by atoms with E-state index < -0.39 is 5.97 Å². The lowest BCUT2D eigenvalue weighted by atomic mass is 10.0. The standard InChI is InChI=1S/C23H24ClNO4/c1-15(23-28-12-13-29-23)6-5-11-25-20(16-7-3-2-4-8-16)19-14-17(24)9-10-18(19)21(25)22(26)27/h2-4,7-10,14-15,23H,5-6,11-13H2,1H3,(H,26,27). The third-order valence-electron chi connectivity index (χ3n) is 5.43. The van der Waals surface area contributed by atoms with Crippen LogP contribution in [0, 0.1) is 5.92 Å². The number of ether oxygens (including phenoxy) is 2. The van der Waals surface area contributed by atoms with E-state index in [9.17, 15) is 9.90 Å². The number of carbonyl (C=O) groups is 1. The molecule has 152 valence electrons. The summed E-state index contributed by atoms with van der Waals surface area (Å²) in [6, 6.07) is 15.3. The molecule has 1 aliphatic heterocycles. The summed E-state index contributed by atoms with van der Waals surface area (Å²) >= 11 is 6.25. The number of aromatic nitrogens is 1. The quantitative estimate of drug-likeness (QED) is 0.559. The molecule has 0 radical (unpaired) electrons. The van der Waals surface area contributed by atoms with Gasteiger partial charge in [0, 0.05) is 28.3 Å². The second kappa shape index (κ2) is 8.57. The van der Waals surface area contributed by atoms with Gasteiger partial charge in [-0.05, 0) is 30.5 Å². The number of carboxylic acid groups (broad SMARTS) is 1. The average Bonchev–Trinajstić information content (AvgIpc) is 3.34. The van der Waals surface area contributed by atoms with Crippen molar-refractivity contribution in [3.8, 4) is 11.3 Å². The average molecular weight is 414 g/mol. The summed E-state index contributed by atoms with van der Waals surface area (Å²) in [7, 11) is 0. The number of halogens is 1.